The monoisotopic (exact) mass is 290 g/mol. The number of hydrogen-bond donors (Lipinski definition) is 0. The van der Waals surface area contributed by atoms with E-state index in [1.807, 2.05) is 6.08 Å². The van der Waals surface area contributed by atoms with Gasteiger partial charge in [-0.05, 0) is 6.92 Å². The minimum atomic E-state index is -0.541. The number of rotatable bonds is 3. The van der Waals surface area contributed by atoms with Crippen LogP contribution in [-0.4, -0.2) is 15.2 Å². The Morgan fingerprint density at radius 3 is 2.93 bits per heavy atom. The van der Waals surface area contributed by atoms with E-state index < -0.39 is 4.92 Å². The first kappa shape index (κ1) is 12.1. The maximum atomic E-state index is 10.6. The fraction of sp³-hybridized carbons (Fsp3) is 0.222. The second-order valence-electron chi connectivity index (χ2n) is 2.79. The van der Waals surface area contributed by atoms with Gasteiger partial charge in [-0.25, -0.2) is 4.98 Å². The summed E-state index contributed by atoms with van der Waals surface area (Å²) in [7, 11) is 0. The molecule has 80 valence electrons. The second-order valence-corrected chi connectivity index (χ2v) is 3.79. The maximum Gasteiger partial charge on any atom is 0.307 e. The summed E-state index contributed by atoms with van der Waals surface area (Å²) in [6.07, 6.45) is 3.60. The summed E-state index contributed by atoms with van der Waals surface area (Å²) in [5.41, 5.74) is 1.20. The Labute approximate surface area is 100 Å². The van der Waals surface area contributed by atoms with E-state index in [4.69, 9.17) is 11.6 Å². The van der Waals surface area contributed by atoms with Crippen molar-refractivity contribution in [1.82, 2.24) is 4.98 Å². The zero-order chi connectivity index (χ0) is 11.4. The van der Waals surface area contributed by atoms with Crippen LogP contribution in [0.25, 0.3) is 6.08 Å². The molecule has 0 atom stereocenters. The summed E-state index contributed by atoms with van der Waals surface area (Å²) in [6, 6.07) is 1.42. The minimum Gasteiger partial charge on any atom is -0.258 e. The normalized spacial score (nSPS) is 10.9. The van der Waals surface area contributed by atoms with E-state index in [1.165, 1.54) is 6.07 Å². The largest absolute Gasteiger partial charge is 0.307 e. The zero-order valence-electron chi connectivity index (χ0n) is 7.91. The van der Waals surface area contributed by atoms with E-state index in [1.54, 1.807) is 13.0 Å². The van der Waals surface area contributed by atoms with E-state index in [0.717, 1.165) is 0 Å². The van der Waals surface area contributed by atoms with Crippen LogP contribution in [0.1, 0.15) is 11.3 Å². The average Bonchev–Trinajstić information content (AvgIpc) is 2.16. The van der Waals surface area contributed by atoms with Gasteiger partial charge in [0.05, 0.1) is 4.92 Å². The fourth-order valence-electron chi connectivity index (χ4n) is 1.05. The Hall–Kier alpha value is -0.940. The molecule has 0 aromatic carbocycles. The molecule has 1 heterocycles. The van der Waals surface area contributed by atoms with Gasteiger partial charge < -0.3 is 0 Å². The lowest BCUT2D eigenvalue weighted by Crippen LogP contribution is -1.95. The number of allylic oxidation sites excluding steroid dienone is 1. The van der Waals surface area contributed by atoms with Crippen molar-refractivity contribution in [3.8, 4) is 0 Å². The molecule has 1 rings (SSSR count). The van der Waals surface area contributed by atoms with Gasteiger partial charge >= 0.3 is 5.69 Å². The van der Waals surface area contributed by atoms with Gasteiger partial charge in [-0.3, -0.25) is 10.1 Å². The van der Waals surface area contributed by atoms with Crippen LogP contribution in [0.15, 0.2) is 12.1 Å². The maximum absolute atomic E-state index is 10.6. The van der Waals surface area contributed by atoms with Crippen molar-refractivity contribution >= 4 is 39.3 Å². The molecule has 0 aliphatic rings. The van der Waals surface area contributed by atoms with E-state index in [2.05, 4.69) is 20.9 Å². The first-order valence-electron chi connectivity index (χ1n) is 4.10. The van der Waals surface area contributed by atoms with Crippen LogP contribution >= 0.6 is 27.5 Å². The molecule has 0 spiro atoms. The Kier molecular flexibility index (Phi) is 4.23. The molecule has 0 saturated heterocycles. The van der Waals surface area contributed by atoms with Gasteiger partial charge in [-0.2, -0.15) is 0 Å². The highest BCUT2D eigenvalue weighted by Gasteiger charge is 2.15. The van der Waals surface area contributed by atoms with Crippen LogP contribution in [0.2, 0.25) is 5.15 Å². The molecule has 0 amide bonds. The van der Waals surface area contributed by atoms with Crippen LogP contribution < -0.4 is 0 Å². The average molecular weight is 292 g/mol. The lowest BCUT2D eigenvalue weighted by molar-refractivity contribution is -0.385. The van der Waals surface area contributed by atoms with Crippen molar-refractivity contribution in [1.29, 1.82) is 0 Å². The van der Waals surface area contributed by atoms with Gasteiger partial charge in [0.1, 0.15) is 0 Å². The molecular weight excluding hydrogens is 283 g/mol. The van der Waals surface area contributed by atoms with Crippen LogP contribution in [0.4, 0.5) is 5.69 Å². The molecule has 0 bridgehead atoms. The molecule has 4 nitrogen and oxygen atoms in total. The lowest BCUT2D eigenvalue weighted by Gasteiger charge is -2.01. The van der Waals surface area contributed by atoms with E-state index in [-0.39, 0.29) is 10.8 Å². The number of halogens is 2. The van der Waals surface area contributed by atoms with Crippen molar-refractivity contribution in [2.24, 2.45) is 0 Å². The van der Waals surface area contributed by atoms with Gasteiger partial charge in [0, 0.05) is 22.7 Å². The van der Waals surface area contributed by atoms with E-state index in [9.17, 15) is 10.1 Å². The Morgan fingerprint density at radius 2 is 2.40 bits per heavy atom. The molecule has 0 saturated carbocycles. The molecule has 0 N–H and O–H groups in total. The van der Waals surface area contributed by atoms with Crippen LogP contribution in [0.3, 0.4) is 0 Å². The summed E-state index contributed by atoms with van der Waals surface area (Å²) < 4.78 is 0. The topological polar surface area (TPSA) is 56.0 Å². The number of aryl methyl sites for hydroxylation is 1. The van der Waals surface area contributed by atoms with Gasteiger partial charge in [-0.1, -0.05) is 39.7 Å². The van der Waals surface area contributed by atoms with Gasteiger partial charge in [0.25, 0.3) is 0 Å². The van der Waals surface area contributed by atoms with Gasteiger partial charge in [-0.15, -0.1) is 0 Å². The molecule has 1 aromatic rings. The third-order valence-corrected chi connectivity index (χ3v) is 2.42. The standard InChI is InChI=1S/C9H8BrClN2O2/c1-6-7(3-2-4-10)5-8(13(14)15)9(11)12-6/h2-3,5H,4H2,1H3. The van der Waals surface area contributed by atoms with Gasteiger partial charge in [0.15, 0.2) is 0 Å². The van der Waals surface area contributed by atoms with Crippen molar-refractivity contribution in [2.45, 2.75) is 6.92 Å². The fourth-order valence-corrected chi connectivity index (χ4v) is 1.49. The summed E-state index contributed by atoms with van der Waals surface area (Å²) in [5, 5.41) is 11.2. The third-order valence-electron chi connectivity index (χ3n) is 1.77. The lowest BCUT2D eigenvalue weighted by atomic mass is 10.2. The molecular formula is C9H8BrClN2O2. The molecule has 0 fully saturated rings. The van der Waals surface area contributed by atoms with Crippen molar-refractivity contribution < 1.29 is 4.92 Å². The van der Waals surface area contributed by atoms with Crippen molar-refractivity contribution in [2.75, 3.05) is 5.33 Å². The molecule has 1 aromatic heterocycles. The SMILES string of the molecule is Cc1nc(Cl)c([N+](=O)[O-])cc1C=CCBr. The quantitative estimate of drug-likeness (QED) is 0.371. The number of aromatic nitrogens is 1. The number of hydrogen-bond acceptors (Lipinski definition) is 3. The van der Waals surface area contributed by atoms with Gasteiger partial charge in [0.2, 0.25) is 5.15 Å². The molecule has 15 heavy (non-hydrogen) atoms. The van der Waals surface area contributed by atoms with E-state index >= 15 is 0 Å². The number of alkyl halides is 1. The smallest absolute Gasteiger partial charge is 0.258 e. The predicted molar refractivity (Wildman–Crippen MR) is 63.5 cm³/mol. The Morgan fingerprint density at radius 1 is 1.73 bits per heavy atom. The van der Waals surface area contributed by atoms with Crippen molar-refractivity contribution in [3.05, 3.63) is 38.7 Å². The summed E-state index contributed by atoms with van der Waals surface area (Å²) in [4.78, 5) is 14.0. The molecule has 0 radical (unpaired) electrons. The Bertz CT molecular complexity index is 421. The van der Waals surface area contributed by atoms with Crippen LogP contribution in [0.5, 0.6) is 0 Å². The first-order valence-corrected chi connectivity index (χ1v) is 5.60. The first-order chi connectivity index (χ1) is 7.06. The van der Waals surface area contributed by atoms with Crippen molar-refractivity contribution in [3.63, 3.8) is 0 Å². The molecule has 0 aliphatic heterocycles. The second kappa shape index (κ2) is 5.23. The Balaban J connectivity index is 3.23. The summed E-state index contributed by atoms with van der Waals surface area (Å²) in [6.45, 7) is 1.75. The van der Waals surface area contributed by atoms with Crippen LogP contribution in [0, 0.1) is 17.0 Å². The molecule has 0 unspecified atom stereocenters. The van der Waals surface area contributed by atoms with Crippen LogP contribution in [-0.2, 0) is 0 Å². The number of nitrogens with zero attached hydrogens (tertiary/aromatic N) is 2. The minimum absolute atomic E-state index is 0.0755. The highest BCUT2D eigenvalue weighted by Crippen LogP contribution is 2.25. The predicted octanol–water partition coefficient (Wildman–Crippen LogP) is 3.36. The molecule has 0 aliphatic carbocycles. The number of pyridine rings is 1. The number of nitro groups is 1. The highest BCUT2D eigenvalue weighted by molar-refractivity contribution is 9.09. The third kappa shape index (κ3) is 3.00. The zero-order valence-corrected chi connectivity index (χ0v) is 10.2. The summed E-state index contributed by atoms with van der Waals surface area (Å²) >= 11 is 8.87. The highest BCUT2D eigenvalue weighted by atomic mass is 79.9. The van der Waals surface area contributed by atoms with E-state index in [0.29, 0.717) is 16.6 Å². The molecule has 6 heteroatoms. The summed E-state index contributed by atoms with van der Waals surface area (Å²) in [5.74, 6) is 0.